The Morgan fingerprint density at radius 3 is 2.45 bits per heavy atom. The molecule has 0 aliphatic heterocycles. The lowest BCUT2D eigenvalue weighted by Crippen LogP contribution is -2.10. The van der Waals surface area contributed by atoms with Gasteiger partial charge in [0.15, 0.2) is 0 Å². The van der Waals surface area contributed by atoms with Crippen molar-refractivity contribution in [1.82, 2.24) is 9.97 Å². The van der Waals surface area contributed by atoms with Crippen molar-refractivity contribution in [2.75, 3.05) is 0 Å². The van der Waals surface area contributed by atoms with Gasteiger partial charge in [-0.1, -0.05) is 0 Å². The number of benzene rings is 1. The fourth-order valence-electron chi connectivity index (χ4n) is 2.65. The monoisotopic (exact) mass is 269 g/mol. The van der Waals surface area contributed by atoms with E-state index in [0.29, 0.717) is 12.6 Å². The summed E-state index contributed by atoms with van der Waals surface area (Å²) in [5.74, 6) is 0.929. The molecule has 1 aromatic heterocycles. The molecule has 2 N–H and O–H groups in total. The highest BCUT2D eigenvalue weighted by Gasteiger charge is 2.16. The summed E-state index contributed by atoms with van der Waals surface area (Å²) >= 11 is 0. The lowest BCUT2D eigenvalue weighted by molar-refractivity contribution is 0.210. The Kier molecular flexibility index (Phi) is 3.92. The largest absolute Gasteiger partial charge is 0.490 e. The fraction of sp³-hybridized carbons (Fsp3) is 0.375. The molecule has 0 amide bonds. The smallest absolute Gasteiger partial charge is 0.119 e. The second-order valence-electron chi connectivity index (χ2n) is 5.10. The van der Waals surface area contributed by atoms with Gasteiger partial charge >= 0.3 is 0 Å². The highest BCUT2D eigenvalue weighted by Crippen LogP contribution is 2.26. The minimum Gasteiger partial charge on any atom is -0.490 e. The third-order valence-electron chi connectivity index (χ3n) is 3.70. The molecule has 2 aromatic rings. The summed E-state index contributed by atoms with van der Waals surface area (Å²) in [7, 11) is 0. The van der Waals surface area contributed by atoms with Gasteiger partial charge in [0.1, 0.15) is 5.75 Å². The van der Waals surface area contributed by atoms with Crippen molar-refractivity contribution >= 4 is 0 Å². The van der Waals surface area contributed by atoms with Crippen LogP contribution in [-0.4, -0.2) is 16.1 Å². The van der Waals surface area contributed by atoms with Gasteiger partial charge in [-0.05, 0) is 49.9 Å². The first kappa shape index (κ1) is 13.1. The predicted octanol–water partition coefficient (Wildman–Crippen LogP) is 2.92. The molecule has 1 aliphatic rings. The van der Waals surface area contributed by atoms with Gasteiger partial charge in [-0.3, -0.25) is 9.97 Å². The van der Waals surface area contributed by atoms with Crippen molar-refractivity contribution in [3.8, 4) is 17.0 Å². The topological polar surface area (TPSA) is 61.0 Å². The van der Waals surface area contributed by atoms with Crippen LogP contribution in [0.2, 0.25) is 0 Å². The van der Waals surface area contributed by atoms with E-state index in [0.717, 1.165) is 22.7 Å². The average Bonchev–Trinajstić information content (AvgIpc) is 3.01. The molecule has 1 aliphatic carbocycles. The molecule has 1 heterocycles. The summed E-state index contributed by atoms with van der Waals surface area (Å²) < 4.78 is 5.96. The van der Waals surface area contributed by atoms with Crippen LogP contribution < -0.4 is 10.5 Å². The number of nitrogens with zero attached hydrogens (tertiary/aromatic N) is 2. The van der Waals surface area contributed by atoms with Crippen molar-refractivity contribution in [3.63, 3.8) is 0 Å². The highest BCUT2D eigenvalue weighted by molar-refractivity contribution is 5.62. The normalized spacial score (nSPS) is 15.4. The molecule has 3 rings (SSSR count). The Morgan fingerprint density at radius 1 is 1.05 bits per heavy atom. The Morgan fingerprint density at radius 2 is 1.75 bits per heavy atom. The molecule has 1 fully saturated rings. The molecule has 0 spiro atoms. The maximum absolute atomic E-state index is 5.96. The molecular weight excluding hydrogens is 250 g/mol. The first-order valence-electron chi connectivity index (χ1n) is 7.14. The Bertz CT molecular complexity index is 562. The molecule has 0 bridgehead atoms. The molecule has 1 aromatic carbocycles. The minimum absolute atomic E-state index is 0.386. The van der Waals surface area contributed by atoms with E-state index in [1.165, 1.54) is 25.7 Å². The van der Waals surface area contributed by atoms with Crippen LogP contribution >= 0.6 is 0 Å². The number of ether oxygens (including phenoxy) is 1. The van der Waals surface area contributed by atoms with E-state index in [1.54, 1.807) is 12.4 Å². The van der Waals surface area contributed by atoms with Crippen LogP contribution in [0, 0.1) is 0 Å². The van der Waals surface area contributed by atoms with E-state index in [9.17, 15) is 0 Å². The Labute approximate surface area is 119 Å². The minimum atomic E-state index is 0.386. The number of hydrogen-bond acceptors (Lipinski definition) is 4. The van der Waals surface area contributed by atoms with Crippen LogP contribution in [-0.2, 0) is 6.54 Å². The van der Waals surface area contributed by atoms with Gasteiger partial charge in [-0.15, -0.1) is 0 Å². The maximum atomic E-state index is 5.96. The predicted molar refractivity (Wildman–Crippen MR) is 78.2 cm³/mol. The SMILES string of the molecule is NCc1nccnc1-c1ccc(OC2CCCC2)cc1. The van der Waals surface area contributed by atoms with Crippen LogP contribution in [0.15, 0.2) is 36.7 Å². The van der Waals surface area contributed by atoms with Crippen LogP contribution in [0.3, 0.4) is 0 Å². The van der Waals surface area contributed by atoms with E-state index in [2.05, 4.69) is 9.97 Å². The lowest BCUT2D eigenvalue weighted by Gasteiger charge is -2.13. The van der Waals surface area contributed by atoms with Crippen molar-refractivity contribution in [1.29, 1.82) is 0 Å². The van der Waals surface area contributed by atoms with Crippen molar-refractivity contribution in [2.45, 2.75) is 38.3 Å². The molecule has 20 heavy (non-hydrogen) atoms. The molecule has 1 saturated carbocycles. The van der Waals surface area contributed by atoms with Crippen LogP contribution in [0.1, 0.15) is 31.4 Å². The van der Waals surface area contributed by atoms with Crippen molar-refractivity contribution in [2.24, 2.45) is 5.73 Å². The van der Waals surface area contributed by atoms with E-state index < -0.39 is 0 Å². The zero-order valence-electron chi connectivity index (χ0n) is 11.5. The zero-order chi connectivity index (χ0) is 13.8. The van der Waals surface area contributed by atoms with Crippen LogP contribution in [0.4, 0.5) is 0 Å². The van der Waals surface area contributed by atoms with Crippen molar-refractivity contribution < 1.29 is 4.74 Å². The van der Waals surface area contributed by atoms with Gasteiger partial charge in [-0.2, -0.15) is 0 Å². The standard InChI is InChI=1S/C16H19N3O/c17-11-15-16(19-10-9-18-15)12-5-7-14(8-6-12)20-13-3-1-2-4-13/h5-10,13H,1-4,11,17H2. The summed E-state index contributed by atoms with van der Waals surface area (Å²) in [6.45, 7) is 0.392. The molecule has 0 saturated heterocycles. The van der Waals surface area contributed by atoms with Gasteiger partial charge in [0.05, 0.1) is 17.5 Å². The summed E-state index contributed by atoms with van der Waals surface area (Å²) in [6.07, 6.45) is 8.65. The third-order valence-corrected chi connectivity index (χ3v) is 3.70. The molecule has 0 unspecified atom stereocenters. The van der Waals surface area contributed by atoms with Gasteiger partial charge in [0, 0.05) is 24.5 Å². The summed E-state index contributed by atoms with van der Waals surface area (Å²) in [5, 5.41) is 0. The van der Waals surface area contributed by atoms with Gasteiger partial charge in [0.2, 0.25) is 0 Å². The van der Waals surface area contributed by atoms with E-state index in [4.69, 9.17) is 10.5 Å². The molecule has 4 heteroatoms. The number of rotatable bonds is 4. The number of nitrogens with two attached hydrogens (primary N) is 1. The fourth-order valence-corrected chi connectivity index (χ4v) is 2.65. The van der Waals surface area contributed by atoms with Gasteiger partial charge in [0.25, 0.3) is 0 Å². The summed E-state index contributed by atoms with van der Waals surface area (Å²) in [4.78, 5) is 8.63. The number of hydrogen-bond donors (Lipinski definition) is 1. The Hall–Kier alpha value is -1.94. The molecule has 0 atom stereocenters. The maximum Gasteiger partial charge on any atom is 0.119 e. The lowest BCUT2D eigenvalue weighted by atomic mass is 10.1. The zero-order valence-corrected chi connectivity index (χ0v) is 11.5. The second-order valence-corrected chi connectivity index (χ2v) is 5.10. The molecule has 4 nitrogen and oxygen atoms in total. The van der Waals surface area contributed by atoms with Gasteiger partial charge < -0.3 is 10.5 Å². The summed E-state index contributed by atoms with van der Waals surface area (Å²) in [5.41, 5.74) is 8.39. The molecule has 0 radical (unpaired) electrons. The van der Waals surface area contributed by atoms with E-state index in [1.807, 2.05) is 24.3 Å². The van der Waals surface area contributed by atoms with Crippen LogP contribution in [0.25, 0.3) is 11.3 Å². The van der Waals surface area contributed by atoms with E-state index in [-0.39, 0.29) is 0 Å². The molecular formula is C16H19N3O. The van der Waals surface area contributed by atoms with Gasteiger partial charge in [-0.25, -0.2) is 0 Å². The quantitative estimate of drug-likeness (QED) is 0.927. The Balaban J connectivity index is 1.78. The van der Waals surface area contributed by atoms with Crippen LogP contribution in [0.5, 0.6) is 5.75 Å². The second kappa shape index (κ2) is 6.01. The first-order valence-corrected chi connectivity index (χ1v) is 7.14. The third kappa shape index (κ3) is 2.80. The highest BCUT2D eigenvalue weighted by atomic mass is 16.5. The average molecular weight is 269 g/mol. The summed E-state index contributed by atoms with van der Waals surface area (Å²) in [6, 6.07) is 8.05. The number of aromatic nitrogens is 2. The first-order chi connectivity index (χ1) is 9.86. The van der Waals surface area contributed by atoms with Crippen molar-refractivity contribution in [3.05, 3.63) is 42.4 Å². The molecule has 104 valence electrons. The van der Waals surface area contributed by atoms with E-state index >= 15 is 0 Å².